The summed E-state index contributed by atoms with van der Waals surface area (Å²) in [7, 11) is 1.73. The average molecular weight is 481 g/mol. The molecule has 2 aromatic rings. The molecule has 1 aromatic carbocycles. The third kappa shape index (κ3) is 7.69. The summed E-state index contributed by atoms with van der Waals surface area (Å²) < 4.78 is 5.54. The van der Waals surface area contributed by atoms with E-state index in [1.54, 1.807) is 13.3 Å². The number of ether oxygens (including phenoxy) is 1. The van der Waals surface area contributed by atoms with Gasteiger partial charge in [0.05, 0.1) is 24.7 Å². The largest absolute Gasteiger partial charge is 0.495 e. The van der Waals surface area contributed by atoms with E-state index in [4.69, 9.17) is 4.74 Å². The van der Waals surface area contributed by atoms with E-state index in [0.29, 0.717) is 6.54 Å². The van der Waals surface area contributed by atoms with Crippen LogP contribution < -0.4 is 14.5 Å². The van der Waals surface area contributed by atoms with E-state index >= 15 is 0 Å². The minimum absolute atomic E-state index is 0.147. The van der Waals surface area contributed by atoms with E-state index in [-0.39, 0.29) is 11.8 Å². The van der Waals surface area contributed by atoms with E-state index in [1.165, 1.54) is 6.42 Å². The molecule has 0 unspecified atom stereocenters. The van der Waals surface area contributed by atoms with Crippen LogP contribution in [0.5, 0.6) is 5.75 Å². The Balaban J connectivity index is 0.00000108. The van der Waals surface area contributed by atoms with Crippen molar-refractivity contribution in [1.82, 2.24) is 9.88 Å². The van der Waals surface area contributed by atoms with Crippen molar-refractivity contribution in [2.24, 2.45) is 11.8 Å². The molecule has 2 fully saturated rings. The van der Waals surface area contributed by atoms with Crippen molar-refractivity contribution < 1.29 is 9.53 Å². The van der Waals surface area contributed by atoms with E-state index in [9.17, 15) is 4.79 Å². The number of carbonyl (C=O) groups excluding carboxylic acids is 1. The Labute approximate surface area is 212 Å². The molecule has 2 aliphatic rings. The van der Waals surface area contributed by atoms with Crippen LogP contribution in [0, 0.1) is 11.8 Å². The number of piperazine rings is 1. The Kier molecular flexibility index (Phi) is 10.9. The molecule has 6 heteroatoms. The molecule has 4 rings (SSSR count). The van der Waals surface area contributed by atoms with Gasteiger partial charge in [-0.3, -0.25) is 14.7 Å². The smallest absolute Gasteiger partial charge is 0.230 e. The number of anilines is 2. The summed E-state index contributed by atoms with van der Waals surface area (Å²) in [5.41, 5.74) is 2.08. The molecule has 6 nitrogen and oxygen atoms in total. The molecule has 2 heterocycles. The van der Waals surface area contributed by atoms with Crippen molar-refractivity contribution in [2.45, 2.75) is 52.9 Å². The van der Waals surface area contributed by atoms with Gasteiger partial charge in [-0.2, -0.15) is 0 Å². The summed E-state index contributed by atoms with van der Waals surface area (Å²) in [6, 6.07) is 12.1. The van der Waals surface area contributed by atoms with Gasteiger partial charge in [-0.1, -0.05) is 39.3 Å². The Morgan fingerprint density at radius 1 is 1.03 bits per heavy atom. The van der Waals surface area contributed by atoms with Crippen molar-refractivity contribution in [1.29, 1.82) is 0 Å². The number of aromatic nitrogens is 1. The zero-order chi connectivity index (χ0) is 25.0. The molecule has 1 aliphatic heterocycles. The van der Waals surface area contributed by atoms with Crippen LogP contribution in [0.3, 0.4) is 0 Å². The van der Waals surface area contributed by atoms with E-state index < -0.39 is 0 Å². The lowest BCUT2D eigenvalue weighted by Crippen LogP contribution is -2.49. The molecule has 0 atom stereocenters. The zero-order valence-electron chi connectivity index (χ0n) is 22.2. The lowest BCUT2D eigenvalue weighted by Gasteiger charge is -2.38. The maximum Gasteiger partial charge on any atom is 0.230 e. The van der Waals surface area contributed by atoms with Crippen LogP contribution in [0.15, 0.2) is 48.8 Å². The van der Waals surface area contributed by atoms with Gasteiger partial charge >= 0.3 is 0 Å². The fraction of sp³-hybridized carbons (Fsp3) is 0.586. The molecule has 0 bridgehead atoms. The van der Waals surface area contributed by atoms with Crippen LogP contribution in [-0.4, -0.2) is 62.2 Å². The van der Waals surface area contributed by atoms with Gasteiger partial charge in [0, 0.05) is 51.4 Å². The summed E-state index contributed by atoms with van der Waals surface area (Å²) in [5.74, 6) is 2.09. The van der Waals surface area contributed by atoms with Gasteiger partial charge in [-0.15, -0.1) is 0 Å². The number of nitrogens with zero attached hydrogens (tertiary/aromatic N) is 4. The van der Waals surface area contributed by atoms with Crippen LogP contribution in [0.4, 0.5) is 11.4 Å². The first kappa shape index (κ1) is 27.0. The van der Waals surface area contributed by atoms with E-state index in [0.717, 1.165) is 81.4 Å². The highest BCUT2D eigenvalue weighted by atomic mass is 16.5. The highest BCUT2D eigenvalue weighted by Crippen LogP contribution is 2.31. The molecule has 0 N–H and O–H groups in total. The van der Waals surface area contributed by atoms with Crippen LogP contribution in [-0.2, 0) is 4.79 Å². The van der Waals surface area contributed by atoms with Gasteiger partial charge in [0.15, 0.2) is 0 Å². The maximum absolute atomic E-state index is 13.4. The van der Waals surface area contributed by atoms with Crippen molar-refractivity contribution in [3.05, 3.63) is 48.8 Å². The second-order valence-electron chi connectivity index (χ2n) is 9.87. The molecule has 1 saturated carbocycles. The molecule has 1 aliphatic carbocycles. The van der Waals surface area contributed by atoms with Gasteiger partial charge in [0.2, 0.25) is 5.91 Å². The predicted octanol–water partition coefficient (Wildman–Crippen LogP) is 5.49. The first-order chi connectivity index (χ1) is 17.1. The predicted molar refractivity (Wildman–Crippen MR) is 145 cm³/mol. The average Bonchev–Trinajstić information content (AvgIpc) is 2.90. The molecule has 35 heavy (non-hydrogen) atoms. The number of amides is 1. The molecule has 0 radical (unpaired) electrons. The van der Waals surface area contributed by atoms with Crippen LogP contribution in [0.1, 0.15) is 52.9 Å². The van der Waals surface area contributed by atoms with Crippen LogP contribution in [0.2, 0.25) is 0 Å². The second-order valence-corrected chi connectivity index (χ2v) is 9.87. The Morgan fingerprint density at radius 3 is 2.34 bits per heavy atom. The Bertz CT molecular complexity index is 875. The minimum Gasteiger partial charge on any atom is -0.495 e. The lowest BCUT2D eigenvalue weighted by molar-refractivity contribution is -0.123. The number of pyridine rings is 1. The molecule has 1 aromatic heterocycles. The Morgan fingerprint density at radius 2 is 1.71 bits per heavy atom. The highest BCUT2D eigenvalue weighted by molar-refractivity contribution is 5.95. The number of hydrogen-bond donors (Lipinski definition) is 0. The topological polar surface area (TPSA) is 48.9 Å². The number of hydrogen-bond acceptors (Lipinski definition) is 5. The fourth-order valence-electron chi connectivity index (χ4n) is 4.95. The summed E-state index contributed by atoms with van der Waals surface area (Å²) >= 11 is 0. The second kappa shape index (κ2) is 14.1. The fourth-order valence-corrected chi connectivity index (χ4v) is 4.95. The van der Waals surface area contributed by atoms with E-state index in [2.05, 4.69) is 47.7 Å². The monoisotopic (exact) mass is 480 g/mol. The van der Waals surface area contributed by atoms with Gasteiger partial charge < -0.3 is 14.5 Å². The summed E-state index contributed by atoms with van der Waals surface area (Å²) in [5, 5.41) is 0. The molecule has 0 spiro atoms. The SMILES string of the molecule is CCC.COc1ccccc1N1CCN(CCN(C(=O)C2CCC(C)CC2)c2cccnc2)CC1. The highest BCUT2D eigenvalue weighted by Gasteiger charge is 2.29. The molecule has 192 valence electrons. The molecular weight excluding hydrogens is 436 g/mol. The van der Waals surface area contributed by atoms with Crippen molar-refractivity contribution in [2.75, 3.05) is 56.2 Å². The van der Waals surface area contributed by atoms with Crippen molar-refractivity contribution >= 4 is 17.3 Å². The Hall–Kier alpha value is -2.60. The van der Waals surface area contributed by atoms with Crippen LogP contribution in [0.25, 0.3) is 0 Å². The lowest BCUT2D eigenvalue weighted by atomic mass is 9.82. The minimum atomic E-state index is 0.147. The normalized spacial score (nSPS) is 20.5. The maximum atomic E-state index is 13.4. The quantitative estimate of drug-likeness (QED) is 0.525. The number of methoxy groups -OCH3 is 1. The van der Waals surface area contributed by atoms with Gasteiger partial charge in [-0.25, -0.2) is 0 Å². The standard InChI is InChI=1S/C26H36N4O2.C3H8/c1-21-9-11-22(12-10-21)26(31)30(23-6-5-13-27-20-23)19-16-28-14-17-29(18-15-28)24-7-3-4-8-25(24)32-2;1-3-2/h3-8,13,20-22H,9-12,14-19H2,1-2H3;3H2,1-2H3. The number of benzene rings is 1. The van der Waals surface area contributed by atoms with Crippen molar-refractivity contribution in [3.63, 3.8) is 0 Å². The van der Waals surface area contributed by atoms with Crippen LogP contribution >= 0.6 is 0 Å². The van der Waals surface area contributed by atoms with Gasteiger partial charge in [0.1, 0.15) is 5.75 Å². The summed E-state index contributed by atoms with van der Waals surface area (Å²) in [4.78, 5) is 24.6. The molecule has 1 amide bonds. The number of rotatable bonds is 7. The third-order valence-corrected chi connectivity index (χ3v) is 7.03. The third-order valence-electron chi connectivity index (χ3n) is 7.03. The zero-order valence-corrected chi connectivity index (χ0v) is 22.2. The molecular formula is C29H44N4O2. The van der Waals surface area contributed by atoms with Gasteiger partial charge in [0.25, 0.3) is 0 Å². The van der Waals surface area contributed by atoms with Gasteiger partial charge in [-0.05, 0) is 55.9 Å². The molecule has 1 saturated heterocycles. The first-order valence-electron chi connectivity index (χ1n) is 13.4. The van der Waals surface area contributed by atoms with E-state index in [1.807, 2.05) is 35.4 Å². The number of para-hydroxylation sites is 2. The summed E-state index contributed by atoms with van der Waals surface area (Å²) in [6.45, 7) is 12.0. The first-order valence-corrected chi connectivity index (χ1v) is 13.4. The summed E-state index contributed by atoms with van der Waals surface area (Å²) in [6.07, 6.45) is 9.17. The number of carbonyl (C=O) groups is 1. The van der Waals surface area contributed by atoms with Crippen molar-refractivity contribution in [3.8, 4) is 5.75 Å².